The lowest BCUT2D eigenvalue weighted by Gasteiger charge is -2.16. The fourth-order valence-electron chi connectivity index (χ4n) is 2.08. The highest BCUT2D eigenvalue weighted by atomic mass is 16.5. The third kappa shape index (κ3) is 4.97. The average Bonchev–Trinajstić information content (AvgIpc) is 2.77. The Labute approximate surface area is 98.9 Å². The fraction of sp³-hybridized carbons (Fsp3) is 0.923. The molecule has 0 saturated carbocycles. The van der Waals surface area contributed by atoms with E-state index < -0.39 is 0 Å². The van der Waals surface area contributed by atoms with Crippen LogP contribution in [-0.4, -0.2) is 24.7 Å². The lowest BCUT2D eigenvalue weighted by atomic mass is 10.1. The van der Waals surface area contributed by atoms with Crippen LogP contribution >= 0.6 is 0 Å². The maximum Gasteiger partial charge on any atom is 0.323 e. The van der Waals surface area contributed by atoms with Crippen LogP contribution in [-0.2, 0) is 9.53 Å². The molecule has 1 unspecified atom stereocenters. The average molecular weight is 227 g/mol. The molecule has 0 aromatic heterocycles. The number of unbranched alkanes of at least 4 members (excludes halogenated alkanes) is 3. The van der Waals surface area contributed by atoms with E-state index in [1.165, 1.54) is 25.7 Å². The molecule has 1 heterocycles. The summed E-state index contributed by atoms with van der Waals surface area (Å²) in [7, 11) is 0. The van der Waals surface area contributed by atoms with E-state index in [9.17, 15) is 4.79 Å². The Morgan fingerprint density at radius 3 is 2.88 bits per heavy atom. The highest BCUT2D eigenvalue weighted by Gasteiger charge is 2.24. The number of carbonyl (C=O) groups excluding carboxylic acids is 1. The van der Waals surface area contributed by atoms with Crippen molar-refractivity contribution >= 4 is 5.97 Å². The van der Waals surface area contributed by atoms with Crippen LogP contribution in [0.25, 0.3) is 0 Å². The number of nitrogens with one attached hydrogen (secondary N) is 1. The van der Waals surface area contributed by atoms with Crippen LogP contribution < -0.4 is 5.32 Å². The largest absolute Gasteiger partial charge is 0.462 e. The summed E-state index contributed by atoms with van der Waals surface area (Å²) in [6, 6.07) is -0.0434. The van der Waals surface area contributed by atoms with Gasteiger partial charge < -0.3 is 10.1 Å². The normalized spacial score (nSPS) is 22.0. The minimum absolute atomic E-state index is 0.0434. The van der Waals surface area contributed by atoms with Gasteiger partial charge in [0.05, 0.1) is 6.10 Å². The molecule has 1 aliphatic heterocycles. The van der Waals surface area contributed by atoms with Gasteiger partial charge in [0.2, 0.25) is 0 Å². The van der Waals surface area contributed by atoms with Gasteiger partial charge in [0, 0.05) is 0 Å². The number of ether oxygens (including phenoxy) is 1. The monoisotopic (exact) mass is 227 g/mol. The number of hydrogen-bond acceptors (Lipinski definition) is 3. The van der Waals surface area contributed by atoms with Crippen LogP contribution in [0.4, 0.5) is 0 Å². The Hall–Kier alpha value is -0.570. The van der Waals surface area contributed by atoms with Crippen LogP contribution in [0.1, 0.15) is 58.8 Å². The molecule has 16 heavy (non-hydrogen) atoms. The molecule has 0 aromatic rings. The smallest absolute Gasteiger partial charge is 0.323 e. The van der Waals surface area contributed by atoms with Gasteiger partial charge in [0.15, 0.2) is 0 Å². The Morgan fingerprint density at radius 1 is 1.44 bits per heavy atom. The van der Waals surface area contributed by atoms with Crippen molar-refractivity contribution in [2.24, 2.45) is 0 Å². The molecule has 0 bridgehead atoms. The molecule has 1 fully saturated rings. The number of rotatable bonds is 7. The van der Waals surface area contributed by atoms with E-state index in [2.05, 4.69) is 12.2 Å². The van der Waals surface area contributed by atoms with Crippen molar-refractivity contribution in [3.63, 3.8) is 0 Å². The van der Waals surface area contributed by atoms with Crippen molar-refractivity contribution in [3.8, 4) is 0 Å². The number of esters is 1. The van der Waals surface area contributed by atoms with Crippen molar-refractivity contribution < 1.29 is 9.53 Å². The summed E-state index contributed by atoms with van der Waals surface area (Å²) in [6.45, 7) is 5.15. The molecular weight excluding hydrogens is 202 g/mol. The van der Waals surface area contributed by atoms with Gasteiger partial charge in [-0.3, -0.25) is 4.79 Å². The lowest BCUT2D eigenvalue weighted by molar-refractivity contribution is -0.150. The quantitative estimate of drug-likeness (QED) is 0.537. The van der Waals surface area contributed by atoms with Crippen LogP contribution in [0.15, 0.2) is 0 Å². The van der Waals surface area contributed by atoms with Gasteiger partial charge in [-0.2, -0.15) is 0 Å². The summed E-state index contributed by atoms with van der Waals surface area (Å²) in [5.74, 6) is -0.0551. The maximum absolute atomic E-state index is 11.7. The molecule has 1 aliphatic rings. The summed E-state index contributed by atoms with van der Waals surface area (Å²) >= 11 is 0. The third-order valence-electron chi connectivity index (χ3n) is 3.13. The zero-order chi connectivity index (χ0) is 11.8. The molecule has 0 radical (unpaired) electrons. The highest BCUT2D eigenvalue weighted by Crippen LogP contribution is 2.11. The van der Waals surface area contributed by atoms with Crippen LogP contribution in [0, 0.1) is 0 Å². The molecular formula is C13H25NO2. The molecule has 94 valence electrons. The lowest BCUT2D eigenvalue weighted by Crippen LogP contribution is -2.34. The first-order chi connectivity index (χ1) is 7.74. The van der Waals surface area contributed by atoms with Gasteiger partial charge in [-0.15, -0.1) is 0 Å². The fourth-order valence-corrected chi connectivity index (χ4v) is 2.08. The van der Waals surface area contributed by atoms with Crippen molar-refractivity contribution in [2.45, 2.75) is 70.9 Å². The van der Waals surface area contributed by atoms with Gasteiger partial charge >= 0.3 is 5.97 Å². The summed E-state index contributed by atoms with van der Waals surface area (Å²) in [4.78, 5) is 11.7. The summed E-state index contributed by atoms with van der Waals surface area (Å²) in [5.41, 5.74) is 0. The Balaban J connectivity index is 2.08. The summed E-state index contributed by atoms with van der Waals surface area (Å²) < 4.78 is 5.41. The van der Waals surface area contributed by atoms with Gasteiger partial charge in [-0.05, 0) is 39.2 Å². The van der Waals surface area contributed by atoms with Crippen molar-refractivity contribution in [1.82, 2.24) is 5.32 Å². The zero-order valence-corrected chi connectivity index (χ0v) is 10.6. The number of hydrogen-bond donors (Lipinski definition) is 1. The first-order valence-corrected chi connectivity index (χ1v) is 6.68. The Morgan fingerprint density at radius 2 is 2.25 bits per heavy atom. The molecule has 0 amide bonds. The van der Waals surface area contributed by atoms with Crippen LogP contribution in [0.2, 0.25) is 0 Å². The summed E-state index contributed by atoms with van der Waals surface area (Å²) in [6.07, 6.45) is 8.04. The third-order valence-corrected chi connectivity index (χ3v) is 3.13. The van der Waals surface area contributed by atoms with E-state index in [4.69, 9.17) is 4.74 Å². The van der Waals surface area contributed by atoms with E-state index in [0.717, 1.165) is 25.8 Å². The first-order valence-electron chi connectivity index (χ1n) is 6.68. The minimum Gasteiger partial charge on any atom is -0.462 e. The van der Waals surface area contributed by atoms with Gasteiger partial charge in [-0.1, -0.05) is 26.2 Å². The maximum atomic E-state index is 11.7. The van der Waals surface area contributed by atoms with E-state index in [1.807, 2.05) is 6.92 Å². The molecule has 2 atom stereocenters. The second-order valence-corrected chi connectivity index (χ2v) is 4.75. The van der Waals surface area contributed by atoms with Gasteiger partial charge in [-0.25, -0.2) is 0 Å². The molecule has 1 N–H and O–H groups in total. The van der Waals surface area contributed by atoms with E-state index >= 15 is 0 Å². The summed E-state index contributed by atoms with van der Waals surface area (Å²) in [5, 5.41) is 3.16. The van der Waals surface area contributed by atoms with E-state index in [0.29, 0.717) is 0 Å². The van der Waals surface area contributed by atoms with Crippen LogP contribution in [0.3, 0.4) is 0 Å². The Kier molecular flexibility index (Phi) is 6.46. The standard InChI is InChI=1S/C13H25NO2/c1-3-4-5-6-8-11(2)16-13(15)12-9-7-10-14-12/h11-12,14H,3-10H2,1-2H3/t11?,12-/m1/s1. The SMILES string of the molecule is CCCCCCC(C)OC(=O)[C@H]1CCCN1. The van der Waals surface area contributed by atoms with Crippen molar-refractivity contribution in [1.29, 1.82) is 0 Å². The van der Waals surface area contributed by atoms with Crippen molar-refractivity contribution in [3.05, 3.63) is 0 Å². The molecule has 0 spiro atoms. The highest BCUT2D eigenvalue weighted by molar-refractivity contribution is 5.76. The molecule has 1 rings (SSSR count). The van der Waals surface area contributed by atoms with Crippen molar-refractivity contribution in [2.75, 3.05) is 6.54 Å². The number of carbonyl (C=O) groups is 1. The minimum atomic E-state index is -0.0551. The van der Waals surface area contributed by atoms with E-state index in [-0.39, 0.29) is 18.1 Å². The van der Waals surface area contributed by atoms with Gasteiger partial charge in [0.1, 0.15) is 6.04 Å². The molecule has 1 saturated heterocycles. The first kappa shape index (κ1) is 13.5. The van der Waals surface area contributed by atoms with E-state index in [1.54, 1.807) is 0 Å². The van der Waals surface area contributed by atoms with Gasteiger partial charge in [0.25, 0.3) is 0 Å². The second kappa shape index (κ2) is 7.66. The Bertz CT molecular complexity index is 200. The molecule has 0 aromatic carbocycles. The zero-order valence-electron chi connectivity index (χ0n) is 10.6. The topological polar surface area (TPSA) is 38.3 Å². The predicted molar refractivity (Wildman–Crippen MR) is 65.3 cm³/mol. The molecule has 0 aliphatic carbocycles. The second-order valence-electron chi connectivity index (χ2n) is 4.75. The van der Waals surface area contributed by atoms with Crippen LogP contribution in [0.5, 0.6) is 0 Å². The predicted octanol–water partition coefficient (Wildman–Crippen LogP) is 2.64. The molecule has 3 heteroatoms. The molecule has 3 nitrogen and oxygen atoms in total.